The van der Waals surface area contributed by atoms with Crippen molar-refractivity contribution in [3.63, 3.8) is 0 Å². The summed E-state index contributed by atoms with van der Waals surface area (Å²) in [5.74, 6) is -0.452. The van der Waals surface area contributed by atoms with Crippen molar-refractivity contribution in [2.75, 3.05) is 19.6 Å². The number of hydrogen-bond donors (Lipinski definition) is 3. The van der Waals surface area contributed by atoms with Crippen LogP contribution in [0.4, 0.5) is 0 Å². The predicted molar refractivity (Wildman–Crippen MR) is 118 cm³/mol. The van der Waals surface area contributed by atoms with Crippen LogP contribution in [0.2, 0.25) is 0 Å². The van der Waals surface area contributed by atoms with Crippen LogP contribution in [0.5, 0.6) is 0 Å². The quantitative estimate of drug-likeness (QED) is 0.456. The summed E-state index contributed by atoms with van der Waals surface area (Å²) in [7, 11) is -3.62. The molecule has 0 aliphatic heterocycles. The normalized spacial score (nSPS) is 12.2. The fraction of sp³-hybridized carbons (Fsp3) is 0.182. The van der Waals surface area contributed by atoms with Crippen LogP contribution < -0.4 is 15.8 Å². The van der Waals surface area contributed by atoms with Gasteiger partial charge in [0.25, 0.3) is 0 Å². The Kier molecular flexibility index (Phi) is 6.94. The Morgan fingerprint density at radius 2 is 1.87 bits per heavy atom. The lowest BCUT2D eigenvalue weighted by atomic mass is 10.1. The van der Waals surface area contributed by atoms with E-state index < -0.39 is 15.9 Å². The van der Waals surface area contributed by atoms with E-state index in [1.807, 2.05) is 31.2 Å². The summed E-state index contributed by atoms with van der Waals surface area (Å²) in [6, 6.07) is 13.9. The molecule has 1 amide bonds. The molecule has 3 rings (SSSR count). The van der Waals surface area contributed by atoms with Crippen LogP contribution >= 0.6 is 0 Å². The van der Waals surface area contributed by atoms with Crippen LogP contribution in [0, 0.1) is 0 Å². The molecule has 0 radical (unpaired) electrons. The molecule has 8 heteroatoms. The minimum atomic E-state index is -3.62. The number of nitrogens with zero attached hydrogens (tertiary/aromatic N) is 1. The first-order chi connectivity index (χ1) is 14.4. The minimum Gasteiger partial charge on any atom is -0.366 e. The third kappa shape index (κ3) is 5.50. The van der Waals surface area contributed by atoms with Crippen LogP contribution in [0.15, 0.2) is 71.4 Å². The number of nitrogens with two attached hydrogens (primary N) is 1. The highest BCUT2D eigenvalue weighted by Gasteiger charge is 2.16. The summed E-state index contributed by atoms with van der Waals surface area (Å²) in [5.41, 5.74) is 7.75. The van der Waals surface area contributed by atoms with E-state index in [2.05, 4.69) is 15.0 Å². The van der Waals surface area contributed by atoms with Gasteiger partial charge in [0.1, 0.15) is 0 Å². The van der Waals surface area contributed by atoms with Gasteiger partial charge in [-0.25, -0.2) is 13.1 Å². The number of rotatable bonds is 9. The second-order valence-electron chi connectivity index (χ2n) is 6.90. The molecular formula is C22H24N4O3S. The van der Waals surface area contributed by atoms with Gasteiger partial charge in [-0.05, 0) is 36.8 Å². The smallest absolute Gasteiger partial charge is 0.248 e. The molecule has 30 heavy (non-hydrogen) atoms. The Labute approximate surface area is 176 Å². The SMILES string of the molecule is CC(=Cc1ccc(C(N)=O)cc1)CNCCNS(=O)(=O)c1cccc2cnccc12. The standard InChI is InChI=1S/C22H24N4O3S/c1-16(13-17-5-7-18(8-6-17)22(23)27)14-25-11-12-26-30(28,29)21-4-2-3-19-15-24-10-9-20(19)21/h2-10,13,15,25-26H,11-12,14H2,1H3,(H2,23,27). The average molecular weight is 425 g/mol. The topological polar surface area (TPSA) is 114 Å². The van der Waals surface area contributed by atoms with Gasteiger partial charge in [-0.2, -0.15) is 0 Å². The van der Waals surface area contributed by atoms with Crippen molar-refractivity contribution in [3.05, 3.63) is 77.6 Å². The Bertz CT molecular complexity index is 1170. The zero-order valence-corrected chi connectivity index (χ0v) is 17.4. The number of amides is 1. The van der Waals surface area contributed by atoms with E-state index in [0.717, 1.165) is 16.5 Å². The van der Waals surface area contributed by atoms with Gasteiger partial charge in [-0.15, -0.1) is 0 Å². The molecule has 0 saturated carbocycles. The fourth-order valence-corrected chi connectivity index (χ4v) is 4.30. The first-order valence-corrected chi connectivity index (χ1v) is 11.0. The molecule has 7 nitrogen and oxygen atoms in total. The number of carbonyl (C=O) groups is 1. The van der Waals surface area contributed by atoms with E-state index in [0.29, 0.717) is 24.0 Å². The summed E-state index contributed by atoms with van der Waals surface area (Å²) in [6.07, 6.45) is 5.22. The first-order valence-electron chi connectivity index (χ1n) is 9.47. The van der Waals surface area contributed by atoms with Crippen LogP contribution in [0.3, 0.4) is 0 Å². The highest BCUT2D eigenvalue weighted by atomic mass is 32.2. The maximum absolute atomic E-state index is 12.7. The summed E-state index contributed by atoms with van der Waals surface area (Å²) in [5, 5.41) is 4.64. The number of aromatic nitrogens is 1. The molecule has 0 unspecified atom stereocenters. The number of sulfonamides is 1. The molecule has 3 aromatic rings. The van der Waals surface area contributed by atoms with Gasteiger partial charge in [-0.1, -0.05) is 35.9 Å². The maximum Gasteiger partial charge on any atom is 0.248 e. The molecule has 0 spiro atoms. The van der Waals surface area contributed by atoms with Crippen LogP contribution in [0.25, 0.3) is 16.8 Å². The molecule has 0 fully saturated rings. The molecule has 0 bridgehead atoms. The van der Waals surface area contributed by atoms with Crippen molar-refractivity contribution in [2.24, 2.45) is 5.73 Å². The Hall–Kier alpha value is -3.07. The van der Waals surface area contributed by atoms with Crippen molar-refractivity contribution in [1.82, 2.24) is 15.0 Å². The number of carbonyl (C=O) groups excluding carboxylic acids is 1. The lowest BCUT2D eigenvalue weighted by Gasteiger charge is -2.10. The third-order valence-electron chi connectivity index (χ3n) is 4.54. The second kappa shape index (κ2) is 9.62. The molecule has 1 aromatic heterocycles. The summed E-state index contributed by atoms with van der Waals surface area (Å²) in [4.78, 5) is 15.4. The van der Waals surface area contributed by atoms with Gasteiger partial charge in [0.15, 0.2) is 0 Å². The highest BCUT2D eigenvalue weighted by molar-refractivity contribution is 7.89. The number of nitrogens with one attached hydrogen (secondary N) is 2. The lowest BCUT2D eigenvalue weighted by molar-refractivity contribution is 0.100. The summed E-state index contributed by atoms with van der Waals surface area (Å²) in [6.45, 7) is 3.34. The monoisotopic (exact) mass is 424 g/mol. The molecular weight excluding hydrogens is 400 g/mol. The van der Waals surface area contributed by atoms with E-state index in [1.165, 1.54) is 0 Å². The number of primary amides is 1. The zero-order valence-electron chi connectivity index (χ0n) is 16.6. The van der Waals surface area contributed by atoms with E-state index in [9.17, 15) is 13.2 Å². The molecule has 4 N–H and O–H groups in total. The van der Waals surface area contributed by atoms with Gasteiger partial charge in [0.05, 0.1) is 4.90 Å². The number of benzene rings is 2. The molecule has 1 heterocycles. The third-order valence-corrected chi connectivity index (χ3v) is 6.06. The summed E-state index contributed by atoms with van der Waals surface area (Å²) < 4.78 is 27.9. The van der Waals surface area contributed by atoms with Crippen LogP contribution in [-0.4, -0.2) is 38.9 Å². The molecule has 156 valence electrons. The Morgan fingerprint density at radius 3 is 2.60 bits per heavy atom. The zero-order chi connectivity index (χ0) is 21.6. The average Bonchev–Trinajstić information content (AvgIpc) is 2.73. The van der Waals surface area contributed by atoms with E-state index in [-0.39, 0.29) is 11.4 Å². The lowest BCUT2D eigenvalue weighted by Crippen LogP contribution is -2.32. The second-order valence-corrected chi connectivity index (χ2v) is 8.64. The number of pyridine rings is 1. The largest absolute Gasteiger partial charge is 0.366 e. The van der Waals surface area contributed by atoms with Crippen molar-refractivity contribution >= 4 is 32.8 Å². The molecule has 0 aliphatic carbocycles. The van der Waals surface area contributed by atoms with Gasteiger partial charge in [0, 0.05) is 48.4 Å². The summed E-state index contributed by atoms with van der Waals surface area (Å²) >= 11 is 0. The minimum absolute atomic E-state index is 0.248. The van der Waals surface area contributed by atoms with E-state index >= 15 is 0 Å². The van der Waals surface area contributed by atoms with Gasteiger partial charge in [-0.3, -0.25) is 9.78 Å². The highest BCUT2D eigenvalue weighted by Crippen LogP contribution is 2.21. The van der Waals surface area contributed by atoms with Crippen LogP contribution in [0.1, 0.15) is 22.8 Å². The Morgan fingerprint density at radius 1 is 1.10 bits per heavy atom. The van der Waals surface area contributed by atoms with E-state index in [4.69, 9.17) is 5.73 Å². The van der Waals surface area contributed by atoms with Gasteiger partial charge in [0.2, 0.25) is 15.9 Å². The van der Waals surface area contributed by atoms with Crippen molar-refractivity contribution in [2.45, 2.75) is 11.8 Å². The molecule has 0 saturated heterocycles. The van der Waals surface area contributed by atoms with E-state index in [1.54, 1.807) is 42.7 Å². The van der Waals surface area contributed by atoms with Gasteiger partial charge >= 0.3 is 0 Å². The molecule has 2 aromatic carbocycles. The maximum atomic E-state index is 12.7. The molecule has 0 atom stereocenters. The number of fused-ring (bicyclic) bond motifs is 1. The van der Waals surface area contributed by atoms with Crippen molar-refractivity contribution in [3.8, 4) is 0 Å². The van der Waals surface area contributed by atoms with Crippen molar-refractivity contribution in [1.29, 1.82) is 0 Å². The number of hydrogen-bond acceptors (Lipinski definition) is 5. The van der Waals surface area contributed by atoms with Gasteiger partial charge < -0.3 is 11.1 Å². The van der Waals surface area contributed by atoms with Crippen LogP contribution in [-0.2, 0) is 10.0 Å². The fourth-order valence-electron chi connectivity index (χ4n) is 3.04. The Balaban J connectivity index is 1.51. The molecule has 0 aliphatic rings. The first kappa shape index (κ1) is 21.6. The van der Waals surface area contributed by atoms with Crippen molar-refractivity contribution < 1.29 is 13.2 Å². The predicted octanol–water partition coefficient (Wildman–Crippen LogP) is 2.31.